The Morgan fingerprint density at radius 2 is 1.62 bits per heavy atom. The Morgan fingerprint density at radius 1 is 0.941 bits per heavy atom. The average Bonchev–Trinajstić information content (AvgIpc) is 3.30. The number of carbonyl (C=O) groups is 1. The Hall–Kier alpha value is -3.61. The molecule has 0 aliphatic heterocycles. The van der Waals surface area contributed by atoms with Crippen LogP contribution in [0.1, 0.15) is 15.9 Å². The Kier molecular flexibility index (Phi) is 6.34. The molecule has 0 saturated heterocycles. The lowest BCUT2D eigenvalue weighted by molar-refractivity contribution is 0.102. The summed E-state index contributed by atoms with van der Waals surface area (Å²) in [4.78, 5) is 34.3. The first-order chi connectivity index (χ1) is 16.6. The van der Waals surface area contributed by atoms with Crippen LogP contribution in [-0.4, -0.2) is 26.1 Å². The molecule has 5 nitrogen and oxygen atoms in total. The number of H-pyrrole nitrogens is 1. The minimum atomic E-state index is -0.169. The number of aromatic nitrogens is 3. The van der Waals surface area contributed by atoms with E-state index in [-0.39, 0.29) is 17.1 Å². The van der Waals surface area contributed by atoms with Crippen molar-refractivity contribution in [1.29, 1.82) is 0 Å². The van der Waals surface area contributed by atoms with Gasteiger partial charge in [-0.15, -0.1) is 0 Å². The van der Waals surface area contributed by atoms with E-state index >= 15 is 0 Å². The number of ketones is 1. The number of nitrogens with zero attached hydrogens (tertiary/aromatic N) is 2. The lowest BCUT2D eigenvalue weighted by Gasteiger charge is -2.12. The van der Waals surface area contributed by atoms with E-state index in [0.29, 0.717) is 33.3 Å². The van der Waals surface area contributed by atoms with Crippen LogP contribution in [-0.2, 0) is 6.54 Å². The van der Waals surface area contributed by atoms with E-state index in [1.807, 2.05) is 66.9 Å². The van der Waals surface area contributed by atoms with Crippen LogP contribution < -0.4 is 5.56 Å². The van der Waals surface area contributed by atoms with E-state index < -0.39 is 0 Å². The molecule has 0 amide bonds. The Labute approximate surface area is 205 Å². The summed E-state index contributed by atoms with van der Waals surface area (Å²) in [7, 11) is 0. The summed E-state index contributed by atoms with van der Waals surface area (Å²) in [6.07, 6.45) is 1.81. The molecule has 0 fully saturated rings. The predicted octanol–water partition coefficient (Wildman–Crippen LogP) is 6.07. The zero-order valence-electron chi connectivity index (χ0n) is 18.1. The molecular formula is C27H20ClN3O2S. The molecule has 0 aliphatic carbocycles. The highest BCUT2D eigenvalue weighted by molar-refractivity contribution is 7.99. The first-order valence-corrected chi connectivity index (χ1v) is 12.1. The lowest BCUT2D eigenvalue weighted by atomic mass is 10.1. The van der Waals surface area contributed by atoms with E-state index in [1.165, 1.54) is 11.8 Å². The van der Waals surface area contributed by atoms with Gasteiger partial charge in [0.05, 0.1) is 12.3 Å². The van der Waals surface area contributed by atoms with Crippen molar-refractivity contribution in [3.05, 3.63) is 118 Å². The van der Waals surface area contributed by atoms with E-state index in [4.69, 9.17) is 16.6 Å². The second kappa shape index (κ2) is 9.71. The van der Waals surface area contributed by atoms with Crippen LogP contribution >= 0.6 is 23.4 Å². The summed E-state index contributed by atoms with van der Waals surface area (Å²) in [6, 6.07) is 26.4. The number of aromatic amines is 1. The maximum Gasteiger partial charge on any atom is 0.278 e. The van der Waals surface area contributed by atoms with Gasteiger partial charge in [0.25, 0.3) is 5.56 Å². The highest BCUT2D eigenvalue weighted by atomic mass is 35.5. The summed E-state index contributed by atoms with van der Waals surface area (Å²) >= 11 is 7.21. The number of hydrogen-bond acceptors (Lipinski definition) is 4. The largest absolute Gasteiger partial charge is 0.355 e. The van der Waals surface area contributed by atoms with Crippen LogP contribution in [0.3, 0.4) is 0 Å². The quantitative estimate of drug-likeness (QED) is 0.172. The van der Waals surface area contributed by atoms with Gasteiger partial charge in [-0.3, -0.25) is 14.2 Å². The molecular weight excluding hydrogens is 466 g/mol. The van der Waals surface area contributed by atoms with Gasteiger partial charge in [-0.05, 0) is 35.4 Å². The van der Waals surface area contributed by atoms with Crippen molar-refractivity contribution in [3.63, 3.8) is 0 Å². The molecule has 1 N–H and O–H groups in total. The second-order valence-electron chi connectivity index (χ2n) is 7.78. The van der Waals surface area contributed by atoms with E-state index in [2.05, 4.69) is 4.98 Å². The summed E-state index contributed by atoms with van der Waals surface area (Å²) in [5.41, 5.74) is 4.25. The molecule has 0 spiro atoms. The van der Waals surface area contributed by atoms with E-state index in [1.54, 1.807) is 28.8 Å². The summed E-state index contributed by atoms with van der Waals surface area (Å²) in [5, 5.41) is 1.08. The number of benzene rings is 3. The topological polar surface area (TPSA) is 67.8 Å². The SMILES string of the molecule is O=C(CSc1nc2c(-c3ccccc3)c[nH]c2c(=O)n1Cc1ccccc1)c1ccc(Cl)cc1. The lowest BCUT2D eigenvalue weighted by Crippen LogP contribution is -2.24. The number of carbonyl (C=O) groups excluding carboxylic acids is 1. The van der Waals surface area contributed by atoms with Gasteiger partial charge in [0, 0.05) is 22.3 Å². The number of rotatable bonds is 7. The first kappa shape index (κ1) is 22.2. The van der Waals surface area contributed by atoms with Crippen molar-refractivity contribution in [1.82, 2.24) is 14.5 Å². The van der Waals surface area contributed by atoms with Crippen molar-refractivity contribution < 1.29 is 4.79 Å². The third kappa shape index (κ3) is 4.55. The Balaban J connectivity index is 1.56. The van der Waals surface area contributed by atoms with Gasteiger partial charge in [0.2, 0.25) is 0 Å². The standard InChI is InChI=1S/C27H20ClN3O2S/c28-21-13-11-20(12-14-21)23(32)17-34-27-30-24-22(19-9-5-2-6-10-19)15-29-25(24)26(33)31(27)16-18-7-3-1-4-8-18/h1-15,29H,16-17H2. The molecule has 2 aromatic heterocycles. The van der Waals surface area contributed by atoms with Crippen LogP contribution in [0.2, 0.25) is 5.02 Å². The highest BCUT2D eigenvalue weighted by Gasteiger charge is 2.18. The normalized spacial score (nSPS) is 11.1. The fourth-order valence-corrected chi connectivity index (χ4v) is 4.79. The zero-order chi connectivity index (χ0) is 23.5. The average molecular weight is 486 g/mol. The highest BCUT2D eigenvalue weighted by Crippen LogP contribution is 2.28. The van der Waals surface area contributed by atoms with Crippen molar-refractivity contribution in [2.75, 3.05) is 5.75 Å². The number of Topliss-reactive ketones (excluding diaryl/α,β-unsaturated/α-hetero) is 1. The molecule has 0 unspecified atom stereocenters. The molecule has 0 radical (unpaired) electrons. The molecule has 5 aromatic rings. The monoisotopic (exact) mass is 485 g/mol. The van der Waals surface area contributed by atoms with Crippen molar-refractivity contribution >= 4 is 40.2 Å². The van der Waals surface area contributed by atoms with Gasteiger partial charge >= 0.3 is 0 Å². The maximum atomic E-state index is 13.5. The predicted molar refractivity (Wildman–Crippen MR) is 138 cm³/mol. The number of thioether (sulfide) groups is 1. The fourth-order valence-electron chi connectivity index (χ4n) is 3.78. The van der Waals surface area contributed by atoms with Gasteiger partial charge in [0.15, 0.2) is 10.9 Å². The van der Waals surface area contributed by atoms with Crippen LogP contribution in [0.25, 0.3) is 22.2 Å². The van der Waals surface area contributed by atoms with Crippen molar-refractivity contribution in [3.8, 4) is 11.1 Å². The number of hydrogen-bond donors (Lipinski definition) is 1. The maximum absolute atomic E-state index is 13.5. The summed E-state index contributed by atoms with van der Waals surface area (Å²) in [6.45, 7) is 0.361. The van der Waals surface area contributed by atoms with Gasteiger partial charge < -0.3 is 4.98 Å². The van der Waals surface area contributed by atoms with Crippen molar-refractivity contribution in [2.45, 2.75) is 11.7 Å². The zero-order valence-corrected chi connectivity index (χ0v) is 19.6. The number of nitrogens with one attached hydrogen (secondary N) is 1. The molecule has 3 aromatic carbocycles. The van der Waals surface area contributed by atoms with E-state index in [9.17, 15) is 9.59 Å². The first-order valence-electron chi connectivity index (χ1n) is 10.7. The molecule has 5 rings (SSSR count). The minimum absolute atomic E-state index is 0.0559. The van der Waals surface area contributed by atoms with Crippen LogP contribution in [0.5, 0.6) is 0 Å². The van der Waals surface area contributed by atoms with Crippen LogP contribution in [0, 0.1) is 0 Å². The smallest absolute Gasteiger partial charge is 0.278 e. The summed E-state index contributed by atoms with van der Waals surface area (Å²) < 4.78 is 1.63. The van der Waals surface area contributed by atoms with Crippen molar-refractivity contribution in [2.24, 2.45) is 0 Å². The van der Waals surface area contributed by atoms with Crippen LogP contribution in [0.4, 0.5) is 0 Å². The number of fused-ring (bicyclic) bond motifs is 1. The Morgan fingerprint density at radius 3 is 2.32 bits per heavy atom. The third-order valence-electron chi connectivity index (χ3n) is 5.52. The van der Waals surface area contributed by atoms with Gasteiger partial charge in [-0.1, -0.05) is 84.0 Å². The van der Waals surface area contributed by atoms with Gasteiger partial charge in [-0.2, -0.15) is 0 Å². The third-order valence-corrected chi connectivity index (χ3v) is 6.75. The molecule has 34 heavy (non-hydrogen) atoms. The minimum Gasteiger partial charge on any atom is -0.355 e. The second-order valence-corrected chi connectivity index (χ2v) is 9.16. The van der Waals surface area contributed by atoms with E-state index in [0.717, 1.165) is 16.7 Å². The van der Waals surface area contributed by atoms with Gasteiger partial charge in [0.1, 0.15) is 11.0 Å². The molecule has 0 bridgehead atoms. The van der Waals surface area contributed by atoms with Gasteiger partial charge in [-0.25, -0.2) is 4.98 Å². The molecule has 168 valence electrons. The fraction of sp³-hybridized carbons (Fsp3) is 0.0741. The molecule has 0 atom stereocenters. The molecule has 0 aliphatic rings. The summed E-state index contributed by atoms with van der Waals surface area (Å²) in [5.74, 6) is 0.0963. The Bertz CT molecular complexity index is 1510. The molecule has 0 saturated carbocycles. The molecule has 7 heteroatoms. The number of halogens is 1. The van der Waals surface area contributed by atoms with Crippen LogP contribution in [0.15, 0.2) is 101 Å². The molecule has 2 heterocycles.